The van der Waals surface area contributed by atoms with Crippen LogP contribution in [0.4, 0.5) is 15.9 Å². The highest BCUT2D eigenvalue weighted by Gasteiger charge is 2.33. The third-order valence-electron chi connectivity index (χ3n) is 7.68. The third-order valence-corrected chi connectivity index (χ3v) is 9.06. The number of halogens is 1. The van der Waals surface area contributed by atoms with Gasteiger partial charge in [0.1, 0.15) is 27.6 Å². The number of benzene rings is 2. The SMILES string of the molecule is CCCn1c(N2CCN(c3ccc(F)cc3)CC2)c(/C=C2\SC(=S)N(CCc3ccccc3)C2=O)c(C)c(C#N)c1=O. The van der Waals surface area contributed by atoms with Crippen molar-refractivity contribution in [2.45, 2.75) is 33.2 Å². The zero-order valence-corrected chi connectivity index (χ0v) is 25.3. The first-order valence-electron chi connectivity index (χ1n) is 14.0. The number of amides is 1. The lowest BCUT2D eigenvalue weighted by Crippen LogP contribution is -2.48. The molecule has 0 atom stereocenters. The number of anilines is 2. The molecule has 10 heteroatoms. The Hall–Kier alpha value is -3.94. The number of thioether (sulfide) groups is 1. The molecule has 0 unspecified atom stereocenters. The summed E-state index contributed by atoms with van der Waals surface area (Å²) < 4.78 is 15.7. The van der Waals surface area contributed by atoms with Gasteiger partial charge in [-0.15, -0.1) is 0 Å². The monoisotopic (exact) mass is 601 g/mol. The van der Waals surface area contributed by atoms with Crippen molar-refractivity contribution in [2.24, 2.45) is 0 Å². The van der Waals surface area contributed by atoms with E-state index in [1.807, 2.05) is 43.3 Å². The molecule has 2 aromatic carbocycles. The van der Waals surface area contributed by atoms with E-state index >= 15 is 0 Å². The fraction of sp³-hybridized carbons (Fsp3) is 0.312. The van der Waals surface area contributed by atoms with Crippen LogP contribution in [0.25, 0.3) is 6.08 Å². The molecule has 0 spiro atoms. The minimum atomic E-state index is -0.319. The van der Waals surface area contributed by atoms with Crippen molar-refractivity contribution in [3.63, 3.8) is 0 Å². The van der Waals surface area contributed by atoms with Crippen molar-refractivity contribution in [1.82, 2.24) is 9.47 Å². The number of thiocarbonyl (C=S) groups is 1. The highest BCUT2D eigenvalue weighted by atomic mass is 32.2. The molecule has 0 radical (unpaired) electrons. The number of nitriles is 1. The van der Waals surface area contributed by atoms with E-state index in [1.165, 1.54) is 23.9 Å². The fourth-order valence-corrected chi connectivity index (χ4v) is 6.74. The van der Waals surface area contributed by atoms with Crippen molar-refractivity contribution in [3.8, 4) is 6.07 Å². The summed E-state index contributed by atoms with van der Waals surface area (Å²) in [5.41, 5.74) is 3.08. The number of piperazine rings is 1. The van der Waals surface area contributed by atoms with E-state index in [0.29, 0.717) is 78.3 Å². The summed E-state index contributed by atoms with van der Waals surface area (Å²) in [5, 5.41) is 9.94. The van der Waals surface area contributed by atoms with Crippen LogP contribution in [-0.4, -0.2) is 52.4 Å². The smallest absolute Gasteiger partial charge is 0.270 e. The lowest BCUT2D eigenvalue weighted by atomic mass is 10.0. The van der Waals surface area contributed by atoms with E-state index in [0.717, 1.165) is 11.3 Å². The summed E-state index contributed by atoms with van der Waals surface area (Å²) in [7, 11) is 0. The Kier molecular flexibility index (Phi) is 9.09. The van der Waals surface area contributed by atoms with E-state index < -0.39 is 0 Å². The predicted octanol–water partition coefficient (Wildman–Crippen LogP) is 5.35. The number of hydrogen-bond donors (Lipinski definition) is 0. The molecule has 2 aliphatic heterocycles. The predicted molar refractivity (Wildman–Crippen MR) is 171 cm³/mol. The number of rotatable bonds is 8. The Bertz CT molecular complexity index is 1620. The Balaban J connectivity index is 1.49. The molecule has 42 heavy (non-hydrogen) atoms. The van der Waals surface area contributed by atoms with E-state index in [-0.39, 0.29) is 22.8 Å². The highest BCUT2D eigenvalue weighted by Crippen LogP contribution is 2.36. The van der Waals surface area contributed by atoms with E-state index in [2.05, 4.69) is 15.9 Å². The van der Waals surface area contributed by atoms with Gasteiger partial charge in [0.2, 0.25) is 0 Å². The molecule has 7 nitrogen and oxygen atoms in total. The maximum absolute atomic E-state index is 13.6. The van der Waals surface area contributed by atoms with Gasteiger partial charge in [0.15, 0.2) is 0 Å². The van der Waals surface area contributed by atoms with Crippen LogP contribution in [-0.2, 0) is 17.8 Å². The standard InChI is InChI=1S/C32H32FN5O2S2/c1-3-14-37-29(36-18-16-35(17-19-36)25-11-9-24(33)10-12-25)26(22(2)27(21-34)30(37)39)20-28-31(40)38(32(41)42-28)15-13-23-7-5-4-6-8-23/h4-12,20H,3,13-19H2,1-2H3/b28-20-. The third kappa shape index (κ3) is 5.98. The average molecular weight is 602 g/mol. The molecule has 0 N–H and O–H groups in total. The van der Waals surface area contributed by atoms with Crippen molar-refractivity contribution in [3.05, 3.63) is 97.9 Å². The molecule has 0 aliphatic carbocycles. The number of pyridine rings is 1. The van der Waals surface area contributed by atoms with Crippen LogP contribution < -0.4 is 15.4 Å². The molecule has 2 saturated heterocycles. The molecule has 5 rings (SSSR count). The molecule has 0 bridgehead atoms. The van der Waals surface area contributed by atoms with Crippen molar-refractivity contribution in [2.75, 3.05) is 42.5 Å². The van der Waals surface area contributed by atoms with Gasteiger partial charge in [-0.2, -0.15) is 5.26 Å². The van der Waals surface area contributed by atoms with Crippen LogP contribution in [0.5, 0.6) is 0 Å². The second kappa shape index (κ2) is 12.9. The topological polar surface area (TPSA) is 72.6 Å². The lowest BCUT2D eigenvalue weighted by molar-refractivity contribution is -0.122. The van der Waals surface area contributed by atoms with E-state index in [1.54, 1.807) is 28.5 Å². The molecular weight excluding hydrogens is 570 g/mol. The van der Waals surface area contributed by atoms with Gasteiger partial charge in [0, 0.05) is 50.5 Å². The highest BCUT2D eigenvalue weighted by molar-refractivity contribution is 8.26. The first-order chi connectivity index (χ1) is 20.3. The Morgan fingerprint density at radius 2 is 1.67 bits per heavy atom. The zero-order chi connectivity index (χ0) is 29.8. The van der Waals surface area contributed by atoms with Gasteiger partial charge in [0.25, 0.3) is 11.5 Å². The Labute approximate surface area is 254 Å². The number of aromatic nitrogens is 1. The summed E-state index contributed by atoms with van der Waals surface area (Å²) in [6, 6.07) is 18.5. The first kappa shape index (κ1) is 29.5. The second-order valence-electron chi connectivity index (χ2n) is 10.3. The minimum absolute atomic E-state index is 0.0861. The van der Waals surface area contributed by atoms with Crippen molar-refractivity contribution < 1.29 is 9.18 Å². The molecule has 0 saturated carbocycles. The van der Waals surface area contributed by atoms with Crippen LogP contribution in [0.2, 0.25) is 0 Å². The second-order valence-corrected chi connectivity index (χ2v) is 12.0. The molecule has 216 valence electrons. The first-order valence-corrected chi connectivity index (χ1v) is 15.3. The minimum Gasteiger partial charge on any atom is -0.368 e. The van der Waals surface area contributed by atoms with Gasteiger partial charge in [-0.1, -0.05) is 61.2 Å². The quantitative estimate of drug-likeness (QED) is 0.255. The van der Waals surface area contributed by atoms with Crippen LogP contribution in [0.3, 0.4) is 0 Å². The molecule has 1 aromatic heterocycles. The zero-order valence-electron chi connectivity index (χ0n) is 23.7. The maximum atomic E-state index is 13.6. The van der Waals surface area contributed by atoms with Crippen LogP contribution in [0.1, 0.15) is 35.6 Å². The molecular formula is C32H32FN5O2S2. The van der Waals surface area contributed by atoms with Crippen molar-refractivity contribution >= 4 is 51.8 Å². The summed E-state index contributed by atoms with van der Waals surface area (Å²) in [6.07, 6.45) is 3.20. The van der Waals surface area contributed by atoms with E-state index in [9.17, 15) is 19.2 Å². The summed E-state index contributed by atoms with van der Waals surface area (Å²) in [4.78, 5) is 33.5. The summed E-state index contributed by atoms with van der Waals surface area (Å²) in [5.74, 6) is 0.273. The maximum Gasteiger partial charge on any atom is 0.270 e. The Morgan fingerprint density at radius 1 is 1.00 bits per heavy atom. The molecule has 3 heterocycles. The van der Waals surface area contributed by atoms with Gasteiger partial charge in [-0.05, 0) is 61.2 Å². The normalized spacial score (nSPS) is 16.4. The Morgan fingerprint density at radius 3 is 2.31 bits per heavy atom. The fourth-order valence-electron chi connectivity index (χ4n) is 5.45. The average Bonchev–Trinajstić information content (AvgIpc) is 3.27. The number of hydrogen-bond acceptors (Lipinski definition) is 7. The molecule has 3 aromatic rings. The number of carbonyl (C=O) groups excluding carboxylic acids is 1. The van der Waals surface area contributed by atoms with Gasteiger partial charge in [-0.25, -0.2) is 4.39 Å². The lowest BCUT2D eigenvalue weighted by Gasteiger charge is -2.39. The van der Waals surface area contributed by atoms with Gasteiger partial charge < -0.3 is 9.80 Å². The van der Waals surface area contributed by atoms with Gasteiger partial charge in [0.05, 0.1) is 4.91 Å². The van der Waals surface area contributed by atoms with Crippen LogP contribution in [0.15, 0.2) is 64.3 Å². The van der Waals surface area contributed by atoms with Gasteiger partial charge in [-0.3, -0.25) is 19.1 Å². The van der Waals surface area contributed by atoms with Crippen molar-refractivity contribution in [1.29, 1.82) is 5.26 Å². The van der Waals surface area contributed by atoms with Crippen LogP contribution in [0, 0.1) is 24.1 Å². The molecule has 1 amide bonds. The molecule has 2 fully saturated rings. The number of nitrogens with zero attached hydrogens (tertiary/aromatic N) is 5. The number of carbonyl (C=O) groups is 1. The van der Waals surface area contributed by atoms with E-state index in [4.69, 9.17) is 12.2 Å². The van der Waals surface area contributed by atoms with Gasteiger partial charge >= 0.3 is 0 Å². The molecule has 2 aliphatic rings. The van der Waals surface area contributed by atoms with Crippen LogP contribution >= 0.6 is 24.0 Å². The largest absolute Gasteiger partial charge is 0.368 e. The summed E-state index contributed by atoms with van der Waals surface area (Å²) >= 11 is 6.85. The summed E-state index contributed by atoms with van der Waals surface area (Å²) in [6.45, 7) is 7.26.